The number of rotatable bonds is 5. The van der Waals surface area contributed by atoms with Crippen LogP contribution in [-0.4, -0.2) is 26.0 Å². The highest BCUT2D eigenvalue weighted by molar-refractivity contribution is 7.89. The normalized spacial score (nSPS) is 22.5. The summed E-state index contributed by atoms with van der Waals surface area (Å²) < 4.78 is 40.1. The van der Waals surface area contributed by atoms with Crippen molar-refractivity contribution in [2.45, 2.75) is 37.5 Å². The highest BCUT2D eigenvalue weighted by atomic mass is 32.2. The topological polar surface area (TPSA) is 83.5 Å². The fourth-order valence-corrected chi connectivity index (χ4v) is 4.17. The Morgan fingerprint density at radius 2 is 1.95 bits per heavy atom. The molecule has 0 aliphatic heterocycles. The third-order valence-corrected chi connectivity index (χ3v) is 5.77. The largest absolute Gasteiger partial charge is 0.481 e. The van der Waals surface area contributed by atoms with E-state index in [0.29, 0.717) is 31.2 Å². The van der Waals surface area contributed by atoms with Gasteiger partial charge < -0.3 is 5.11 Å². The number of hydrogen-bond donors (Lipinski definition) is 2. The zero-order chi connectivity index (χ0) is 16.3. The molecule has 1 aromatic rings. The Bertz CT molecular complexity index is 652. The van der Waals surface area contributed by atoms with Crippen molar-refractivity contribution in [3.05, 3.63) is 29.6 Å². The standard InChI is InChI=1S/C15H20FNO4S/c1-10-8-13(16)6-7-14(10)22(20,21)17-9-11-2-4-12(5-3-11)15(18)19/h6-8,11-12,17H,2-5,9H2,1H3,(H,18,19). The Kier molecular flexibility index (Phi) is 5.18. The quantitative estimate of drug-likeness (QED) is 0.868. The summed E-state index contributed by atoms with van der Waals surface area (Å²) in [4.78, 5) is 11.0. The molecule has 0 atom stereocenters. The summed E-state index contributed by atoms with van der Waals surface area (Å²) in [6, 6.07) is 3.57. The first-order valence-corrected chi connectivity index (χ1v) is 8.76. The van der Waals surface area contributed by atoms with Gasteiger partial charge in [-0.05, 0) is 62.3 Å². The molecule has 1 aliphatic rings. The number of carboxylic acid groups (broad SMARTS) is 1. The van der Waals surface area contributed by atoms with Crippen molar-refractivity contribution in [2.75, 3.05) is 6.54 Å². The van der Waals surface area contributed by atoms with E-state index >= 15 is 0 Å². The third kappa shape index (κ3) is 4.04. The van der Waals surface area contributed by atoms with Crippen molar-refractivity contribution < 1.29 is 22.7 Å². The summed E-state index contributed by atoms with van der Waals surface area (Å²) >= 11 is 0. The SMILES string of the molecule is Cc1cc(F)ccc1S(=O)(=O)NCC1CCC(C(=O)O)CC1. The van der Waals surface area contributed by atoms with E-state index in [-0.39, 0.29) is 23.3 Å². The molecule has 1 fully saturated rings. The number of halogens is 1. The maximum absolute atomic E-state index is 13.1. The van der Waals surface area contributed by atoms with Crippen molar-refractivity contribution in [2.24, 2.45) is 11.8 Å². The molecule has 22 heavy (non-hydrogen) atoms. The van der Waals surface area contributed by atoms with E-state index in [1.54, 1.807) is 6.92 Å². The summed E-state index contributed by atoms with van der Waals surface area (Å²) in [5, 5.41) is 8.94. The van der Waals surface area contributed by atoms with Crippen LogP contribution < -0.4 is 4.72 Å². The number of carbonyl (C=O) groups is 1. The van der Waals surface area contributed by atoms with Gasteiger partial charge in [-0.1, -0.05) is 0 Å². The van der Waals surface area contributed by atoms with Crippen LogP contribution in [0.1, 0.15) is 31.2 Å². The lowest BCUT2D eigenvalue weighted by atomic mass is 9.82. The van der Waals surface area contributed by atoms with Crippen LogP contribution in [0.2, 0.25) is 0 Å². The molecule has 0 unspecified atom stereocenters. The summed E-state index contributed by atoms with van der Waals surface area (Å²) in [5.74, 6) is -1.41. The molecule has 122 valence electrons. The van der Waals surface area contributed by atoms with Gasteiger partial charge in [0.2, 0.25) is 10.0 Å². The van der Waals surface area contributed by atoms with E-state index in [1.165, 1.54) is 12.1 Å². The molecule has 0 radical (unpaired) electrons. The second-order valence-electron chi connectivity index (χ2n) is 5.82. The van der Waals surface area contributed by atoms with Crippen LogP contribution in [0.15, 0.2) is 23.1 Å². The summed E-state index contributed by atoms with van der Waals surface area (Å²) in [6.07, 6.45) is 2.55. The summed E-state index contributed by atoms with van der Waals surface area (Å²) in [7, 11) is -3.67. The Balaban J connectivity index is 1.95. The average molecular weight is 329 g/mol. The molecule has 1 aliphatic carbocycles. The second kappa shape index (κ2) is 6.75. The lowest BCUT2D eigenvalue weighted by Crippen LogP contribution is -2.32. The zero-order valence-electron chi connectivity index (χ0n) is 12.4. The molecule has 0 spiro atoms. The predicted octanol–water partition coefficient (Wildman–Crippen LogP) is 2.30. The summed E-state index contributed by atoms with van der Waals surface area (Å²) in [6.45, 7) is 1.83. The van der Waals surface area contributed by atoms with Gasteiger partial charge in [0.1, 0.15) is 5.82 Å². The van der Waals surface area contributed by atoms with E-state index in [1.807, 2.05) is 0 Å². The number of sulfonamides is 1. The van der Waals surface area contributed by atoms with E-state index in [0.717, 1.165) is 6.07 Å². The van der Waals surface area contributed by atoms with Crippen molar-refractivity contribution in [3.8, 4) is 0 Å². The van der Waals surface area contributed by atoms with Gasteiger partial charge in [0.15, 0.2) is 0 Å². The number of carboxylic acids is 1. The monoisotopic (exact) mass is 329 g/mol. The molecule has 7 heteroatoms. The Morgan fingerprint density at radius 3 is 2.50 bits per heavy atom. The minimum atomic E-state index is -3.67. The second-order valence-corrected chi connectivity index (χ2v) is 7.55. The van der Waals surface area contributed by atoms with Gasteiger partial charge in [-0.15, -0.1) is 0 Å². The Labute approximate surface area is 129 Å². The molecule has 1 aromatic carbocycles. The maximum Gasteiger partial charge on any atom is 0.306 e. The van der Waals surface area contributed by atoms with Gasteiger partial charge in [-0.2, -0.15) is 0 Å². The van der Waals surface area contributed by atoms with E-state index < -0.39 is 21.8 Å². The molecule has 1 saturated carbocycles. The van der Waals surface area contributed by atoms with Crippen LogP contribution in [0, 0.1) is 24.6 Å². The first kappa shape index (κ1) is 16.9. The van der Waals surface area contributed by atoms with Crippen LogP contribution in [0.5, 0.6) is 0 Å². The average Bonchev–Trinajstić information content (AvgIpc) is 2.45. The minimum Gasteiger partial charge on any atom is -0.481 e. The maximum atomic E-state index is 13.1. The fourth-order valence-electron chi connectivity index (χ4n) is 2.83. The van der Waals surface area contributed by atoms with E-state index in [9.17, 15) is 17.6 Å². The number of benzene rings is 1. The molecule has 0 saturated heterocycles. The number of aliphatic carboxylic acids is 1. The van der Waals surface area contributed by atoms with Crippen molar-refractivity contribution in [3.63, 3.8) is 0 Å². The molecule has 0 heterocycles. The predicted molar refractivity (Wildman–Crippen MR) is 79.4 cm³/mol. The van der Waals surface area contributed by atoms with Gasteiger partial charge in [-0.25, -0.2) is 17.5 Å². The van der Waals surface area contributed by atoms with Crippen molar-refractivity contribution >= 4 is 16.0 Å². The Morgan fingerprint density at radius 1 is 1.32 bits per heavy atom. The molecule has 2 rings (SSSR count). The van der Waals surface area contributed by atoms with E-state index in [4.69, 9.17) is 5.11 Å². The van der Waals surface area contributed by atoms with Crippen LogP contribution >= 0.6 is 0 Å². The van der Waals surface area contributed by atoms with Crippen LogP contribution in [-0.2, 0) is 14.8 Å². The molecular formula is C15H20FNO4S. The fraction of sp³-hybridized carbons (Fsp3) is 0.533. The molecular weight excluding hydrogens is 309 g/mol. The van der Waals surface area contributed by atoms with Gasteiger partial charge in [0.25, 0.3) is 0 Å². The summed E-state index contributed by atoms with van der Waals surface area (Å²) in [5.41, 5.74) is 0.363. The van der Waals surface area contributed by atoms with Crippen LogP contribution in [0.3, 0.4) is 0 Å². The van der Waals surface area contributed by atoms with E-state index in [2.05, 4.69) is 4.72 Å². The van der Waals surface area contributed by atoms with Crippen LogP contribution in [0.25, 0.3) is 0 Å². The van der Waals surface area contributed by atoms with Crippen molar-refractivity contribution in [1.29, 1.82) is 0 Å². The lowest BCUT2D eigenvalue weighted by molar-refractivity contribution is -0.143. The molecule has 2 N–H and O–H groups in total. The molecule has 5 nitrogen and oxygen atoms in total. The Hall–Kier alpha value is -1.47. The first-order chi connectivity index (χ1) is 10.3. The molecule has 0 amide bonds. The van der Waals surface area contributed by atoms with Crippen molar-refractivity contribution in [1.82, 2.24) is 4.72 Å². The van der Waals surface area contributed by atoms with Gasteiger partial charge in [0.05, 0.1) is 10.8 Å². The third-order valence-electron chi connectivity index (χ3n) is 4.18. The highest BCUT2D eigenvalue weighted by Crippen LogP contribution is 2.28. The van der Waals surface area contributed by atoms with Gasteiger partial charge >= 0.3 is 5.97 Å². The zero-order valence-corrected chi connectivity index (χ0v) is 13.2. The molecule has 0 bridgehead atoms. The van der Waals surface area contributed by atoms with Gasteiger partial charge in [0, 0.05) is 6.54 Å². The minimum absolute atomic E-state index is 0.0770. The highest BCUT2D eigenvalue weighted by Gasteiger charge is 2.27. The lowest BCUT2D eigenvalue weighted by Gasteiger charge is -2.26. The smallest absolute Gasteiger partial charge is 0.306 e. The number of hydrogen-bond acceptors (Lipinski definition) is 3. The number of aryl methyl sites for hydroxylation is 1. The number of nitrogens with one attached hydrogen (secondary N) is 1. The first-order valence-electron chi connectivity index (χ1n) is 7.28. The van der Waals surface area contributed by atoms with Crippen LogP contribution in [0.4, 0.5) is 4.39 Å². The van der Waals surface area contributed by atoms with Gasteiger partial charge in [-0.3, -0.25) is 4.79 Å². The molecule has 0 aromatic heterocycles.